The van der Waals surface area contributed by atoms with Crippen molar-refractivity contribution in [2.75, 3.05) is 44.7 Å². The highest BCUT2D eigenvalue weighted by Gasteiger charge is 2.25. The molecule has 2 aliphatic rings. The number of para-hydroxylation sites is 1. The highest BCUT2D eigenvalue weighted by molar-refractivity contribution is 6.34. The van der Waals surface area contributed by atoms with Crippen LogP contribution in [-0.2, 0) is 9.53 Å². The van der Waals surface area contributed by atoms with Crippen molar-refractivity contribution in [2.24, 2.45) is 0 Å². The van der Waals surface area contributed by atoms with Gasteiger partial charge in [-0.1, -0.05) is 18.2 Å². The molecule has 8 heteroatoms. The number of aryl methyl sites for hydroxylation is 1. The lowest BCUT2D eigenvalue weighted by molar-refractivity contribution is -0.110. The molecule has 31 heavy (non-hydrogen) atoms. The molecule has 8 nitrogen and oxygen atoms in total. The first-order chi connectivity index (χ1) is 14.9. The predicted molar refractivity (Wildman–Crippen MR) is 119 cm³/mol. The summed E-state index contributed by atoms with van der Waals surface area (Å²) in [5, 5.41) is 27.0. The van der Waals surface area contributed by atoms with E-state index in [-0.39, 0.29) is 12.5 Å². The van der Waals surface area contributed by atoms with E-state index in [1.165, 1.54) is 0 Å². The maximum absolute atomic E-state index is 12.4. The van der Waals surface area contributed by atoms with Crippen molar-refractivity contribution in [1.82, 2.24) is 15.2 Å². The predicted octanol–water partition coefficient (Wildman–Crippen LogP) is 1.40. The molecule has 0 bridgehead atoms. The van der Waals surface area contributed by atoms with Crippen LogP contribution in [0.5, 0.6) is 0 Å². The van der Waals surface area contributed by atoms with E-state index < -0.39 is 12.3 Å². The van der Waals surface area contributed by atoms with Crippen molar-refractivity contribution in [1.29, 1.82) is 0 Å². The molecule has 1 fully saturated rings. The molecule has 0 radical (unpaired) electrons. The quantitative estimate of drug-likeness (QED) is 0.338. The van der Waals surface area contributed by atoms with Crippen LogP contribution in [0.1, 0.15) is 34.3 Å². The molecule has 166 valence electrons. The number of ether oxygens (including phenoxy) is 1. The van der Waals surface area contributed by atoms with Crippen molar-refractivity contribution >= 4 is 23.2 Å². The normalized spacial score (nSPS) is 20.0. The summed E-state index contributed by atoms with van der Waals surface area (Å²) in [5.41, 5.74) is 5.46. The van der Waals surface area contributed by atoms with Gasteiger partial charge in [0.15, 0.2) is 0 Å². The smallest absolute Gasteiger partial charge is 0.256 e. The summed E-state index contributed by atoms with van der Waals surface area (Å²) < 4.78 is 5.33. The number of carbonyl (C=O) groups excluding carboxylic acids is 1. The standard InChI is InChI=1S/C23H30N4O4/c1-14-20(11-18-17-5-3-4-6-19(17)26-22(18)29)25-15(2)21(14)23(30)24-12-16(28)13-27-7-9-31-10-8-27/h3-6,11,16,23-25,28,30H,7-10,12-13H2,1-2H3,(H,26,29). The lowest BCUT2D eigenvalue weighted by Crippen LogP contribution is -2.44. The van der Waals surface area contributed by atoms with E-state index in [0.29, 0.717) is 25.3 Å². The average molecular weight is 427 g/mol. The molecule has 4 rings (SSSR count). The van der Waals surface area contributed by atoms with E-state index in [4.69, 9.17) is 4.74 Å². The van der Waals surface area contributed by atoms with E-state index in [0.717, 1.165) is 46.9 Å². The van der Waals surface area contributed by atoms with Crippen molar-refractivity contribution < 1.29 is 19.7 Å². The molecule has 2 atom stereocenters. The van der Waals surface area contributed by atoms with Gasteiger partial charge in [-0.15, -0.1) is 0 Å². The number of carbonyl (C=O) groups is 1. The van der Waals surface area contributed by atoms with Crippen LogP contribution >= 0.6 is 0 Å². The monoisotopic (exact) mass is 426 g/mol. The molecule has 2 aliphatic heterocycles. The van der Waals surface area contributed by atoms with Crippen LogP contribution in [0, 0.1) is 13.8 Å². The van der Waals surface area contributed by atoms with Gasteiger partial charge in [-0.3, -0.25) is 15.0 Å². The van der Waals surface area contributed by atoms with Crippen molar-refractivity contribution in [2.45, 2.75) is 26.2 Å². The number of aromatic nitrogens is 1. The van der Waals surface area contributed by atoms with E-state index in [9.17, 15) is 15.0 Å². The van der Waals surface area contributed by atoms with Gasteiger partial charge in [-0.05, 0) is 31.6 Å². The number of hydrogen-bond acceptors (Lipinski definition) is 6. The Hall–Kier alpha value is -2.49. The third-order valence-electron chi connectivity index (χ3n) is 5.93. The first kappa shape index (κ1) is 21.7. The van der Waals surface area contributed by atoms with Crippen LogP contribution in [0.15, 0.2) is 24.3 Å². The number of hydrogen-bond donors (Lipinski definition) is 5. The summed E-state index contributed by atoms with van der Waals surface area (Å²) in [5.74, 6) is -0.140. The lowest BCUT2D eigenvalue weighted by atomic mass is 10.0. The molecule has 3 heterocycles. The summed E-state index contributed by atoms with van der Waals surface area (Å²) in [6, 6.07) is 7.58. The summed E-state index contributed by atoms with van der Waals surface area (Å²) in [6.45, 7) is 7.61. The number of benzene rings is 1. The zero-order valence-electron chi connectivity index (χ0n) is 17.9. The third-order valence-corrected chi connectivity index (χ3v) is 5.93. The Morgan fingerprint density at radius 3 is 2.74 bits per heavy atom. The number of morpholine rings is 1. The number of amides is 1. The Morgan fingerprint density at radius 1 is 1.23 bits per heavy atom. The molecular formula is C23H30N4O4. The Kier molecular flexibility index (Phi) is 6.54. The maximum Gasteiger partial charge on any atom is 0.256 e. The molecule has 1 amide bonds. The highest BCUT2D eigenvalue weighted by Crippen LogP contribution is 2.34. The molecule has 2 aromatic rings. The Bertz CT molecular complexity index is 978. The zero-order valence-corrected chi connectivity index (χ0v) is 17.9. The van der Waals surface area contributed by atoms with Gasteiger partial charge in [0.25, 0.3) is 5.91 Å². The molecule has 0 spiro atoms. The van der Waals surface area contributed by atoms with E-state index in [1.54, 1.807) is 0 Å². The van der Waals surface area contributed by atoms with Crippen LogP contribution in [0.2, 0.25) is 0 Å². The second kappa shape index (κ2) is 9.33. The molecule has 0 aliphatic carbocycles. The molecular weight excluding hydrogens is 396 g/mol. The van der Waals surface area contributed by atoms with Crippen LogP contribution < -0.4 is 10.6 Å². The number of fused-ring (bicyclic) bond motifs is 1. The van der Waals surface area contributed by atoms with Gasteiger partial charge in [-0.25, -0.2) is 0 Å². The highest BCUT2D eigenvalue weighted by atomic mass is 16.5. The number of H-pyrrole nitrogens is 1. The second-order valence-corrected chi connectivity index (χ2v) is 8.14. The van der Waals surface area contributed by atoms with Gasteiger partial charge < -0.3 is 25.3 Å². The average Bonchev–Trinajstić information content (AvgIpc) is 3.22. The van der Waals surface area contributed by atoms with Gasteiger partial charge in [0.05, 0.1) is 24.9 Å². The van der Waals surface area contributed by atoms with Crippen molar-refractivity contribution in [3.63, 3.8) is 0 Å². The van der Waals surface area contributed by atoms with Gasteiger partial charge in [0.1, 0.15) is 6.23 Å². The fraction of sp³-hybridized carbons (Fsp3) is 0.435. The second-order valence-electron chi connectivity index (χ2n) is 8.14. The van der Waals surface area contributed by atoms with Crippen LogP contribution in [0.4, 0.5) is 5.69 Å². The number of aromatic amines is 1. The number of aliphatic hydroxyl groups is 2. The SMILES string of the molecule is Cc1[nH]c(C=C2C(=O)Nc3ccccc32)c(C)c1C(O)NCC(O)CN1CCOCC1. The van der Waals surface area contributed by atoms with E-state index in [2.05, 4.69) is 20.5 Å². The van der Waals surface area contributed by atoms with Gasteiger partial charge in [-0.2, -0.15) is 0 Å². The summed E-state index contributed by atoms with van der Waals surface area (Å²) in [7, 11) is 0. The number of anilines is 1. The first-order valence-electron chi connectivity index (χ1n) is 10.6. The minimum Gasteiger partial charge on any atom is -0.390 e. The molecule has 1 aromatic heterocycles. The minimum absolute atomic E-state index is 0.140. The molecule has 5 N–H and O–H groups in total. The zero-order chi connectivity index (χ0) is 22.0. The Balaban J connectivity index is 1.45. The summed E-state index contributed by atoms with van der Waals surface area (Å²) in [4.78, 5) is 17.9. The maximum atomic E-state index is 12.4. The van der Waals surface area contributed by atoms with Crippen molar-refractivity contribution in [3.8, 4) is 0 Å². The molecule has 1 saturated heterocycles. The number of nitrogens with zero attached hydrogens (tertiary/aromatic N) is 1. The topological polar surface area (TPSA) is 110 Å². The Morgan fingerprint density at radius 2 is 1.97 bits per heavy atom. The minimum atomic E-state index is -0.924. The summed E-state index contributed by atoms with van der Waals surface area (Å²) in [6.07, 6.45) is 0.313. The first-order valence-corrected chi connectivity index (χ1v) is 10.6. The number of nitrogens with one attached hydrogen (secondary N) is 3. The van der Waals surface area contributed by atoms with Gasteiger partial charge in [0.2, 0.25) is 0 Å². The number of rotatable bonds is 7. The van der Waals surface area contributed by atoms with E-state index in [1.807, 2.05) is 44.2 Å². The number of β-amino-alcohol motifs (C(OH)–C–C–N with tert-alkyl or cyclic N) is 1. The van der Waals surface area contributed by atoms with Gasteiger partial charge >= 0.3 is 0 Å². The third kappa shape index (κ3) is 4.73. The van der Waals surface area contributed by atoms with Crippen LogP contribution in [-0.4, -0.2) is 71.5 Å². The molecule has 2 unspecified atom stereocenters. The number of aliphatic hydroxyl groups excluding tert-OH is 2. The van der Waals surface area contributed by atoms with E-state index >= 15 is 0 Å². The fourth-order valence-electron chi connectivity index (χ4n) is 4.27. The fourth-order valence-corrected chi connectivity index (χ4v) is 4.27. The largest absolute Gasteiger partial charge is 0.390 e. The van der Waals surface area contributed by atoms with Crippen LogP contribution in [0.3, 0.4) is 0 Å². The molecule has 1 aromatic carbocycles. The molecule has 0 saturated carbocycles. The summed E-state index contributed by atoms with van der Waals surface area (Å²) >= 11 is 0. The van der Waals surface area contributed by atoms with Crippen LogP contribution in [0.25, 0.3) is 11.6 Å². The Labute approximate surface area is 181 Å². The van der Waals surface area contributed by atoms with Crippen molar-refractivity contribution in [3.05, 3.63) is 52.3 Å². The van der Waals surface area contributed by atoms with Gasteiger partial charge in [0, 0.05) is 54.4 Å². The lowest BCUT2D eigenvalue weighted by Gasteiger charge is -2.29.